The molecule has 2 aromatic rings. The Morgan fingerprint density at radius 2 is 2.22 bits per heavy atom. The van der Waals surface area contributed by atoms with E-state index in [0.29, 0.717) is 6.04 Å². The second-order valence-corrected chi connectivity index (χ2v) is 6.03. The van der Waals surface area contributed by atoms with Crippen LogP contribution in [0.1, 0.15) is 29.8 Å². The van der Waals surface area contributed by atoms with Gasteiger partial charge in [-0.3, -0.25) is 4.98 Å². The fourth-order valence-corrected chi connectivity index (χ4v) is 3.12. The monoisotopic (exact) mass is 324 g/mol. The number of aromatic nitrogens is 1. The smallest absolute Gasteiger partial charge is 0.0794 e. The van der Waals surface area contributed by atoms with Gasteiger partial charge in [0.25, 0.3) is 0 Å². The summed E-state index contributed by atoms with van der Waals surface area (Å²) in [6, 6.07) is 8.77. The topological polar surface area (TPSA) is 24.9 Å². The summed E-state index contributed by atoms with van der Waals surface area (Å²) in [7, 11) is 0. The van der Waals surface area contributed by atoms with Gasteiger partial charge in [-0.15, -0.1) is 11.3 Å². The van der Waals surface area contributed by atoms with E-state index >= 15 is 0 Å². The highest BCUT2D eigenvalue weighted by Crippen LogP contribution is 2.26. The Hall–Kier alpha value is -0.710. The van der Waals surface area contributed by atoms with Crippen molar-refractivity contribution < 1.29 is 0 Å². The number of nitrogens with zero attached hydrogens (tertiary/aromatic N) is 1. The van der Waals surface area contributed by atoms with E-state index in [1.807, 2.05) is 11.7 Å². The molecule has 0 aliphatic rings. The van der Waals surface area contributed by atoms with Crippen molar-refractivity contribution in [3.05, 3.63) is 50.9 Å². The van der Waals surface area contributed by atoms with E-state index in [0.717, 1.165) is 19.4 Å². The summed E-state index contributed by atoms with van der Waals surface area (Å²) in [4.78, 5) is 5.47. The molecule has 18 heavy (non-hydrogen) atoms. The number of halogens is 1. The first-order chi connectivity index (χ1) is 8.81. The second kappa shape index (κ2) is 7.02. The molecular formula is C14H17BrN2S. The second-order valence-electron chi connectivity index (χ2n) is 4.20. The quantitative estimate of drug-likeness (QED) is 0.861. The number of nitrogens with one attached hydrogen (secondary N) is 1. The average molecular weight is 325 g/mol. The van der Waals surface area contributed by atoms with Crippen LogP contribution in [0.3, 0.4) is 0 Å². The molecule has 1 aromatic heterocycles. The molecule has 96 valence electrons. The highest BCUT2D eigenvalue weighted by atomic mass is 79.9. The van der Waals surface area contributed by atoms with Crippen LogP contribution in [-0.2, 0) is 6.42 Å². The summed E-state index contributed by atoms with van der Waals surface area (Å²) >= 11 is 5.36. The van der Waals surface area contributed by atoms with E-state index in [4.69, 9.17) is 0 Å². The average Bonchev–Trinajstić information content (AvgIpc) is 2.88. The maximum Gasteiger partial charge on any atom is 0.0794 e. The van der Waals surface area contributed by atoms with E-state index in [1.54, 1.807) is 11.3 Å². The summed E-state index contributed by atoms with van der Waals surface area (Å²) in [5.74, 6) is 0. The number of hydrogen-bond donors (Lipinski definition) is 1. The van der Waals surface area contributed by atoms with E-state index < -0.39 is 0 Å². The van der Waals surface area contributed by atoms with Crippen molar-refractivity contribution >= 4 is 27.3 Å². The predicted molar refractivity (Wildman–Crippen MR) is 81.0 cm³/mol. The van der Waals surface area contributed by atoms with Crippen LogP contribution in [0.15, 0.2) is 40.4 Å². The molecule has 2 nitrogen and oxygen atoms in total. The first-order valence-electron chi connectivity index (χ1n) is 6.16. The summed E-state index contributed by atoms with van der Waals surface area (Å²) in [6.07, 6.45) is 4.10. The van der Waals surface area contributed by atoms with Crippen LogP contribution in [0.25, 0.3) is 0 Å². The van der Waals surface area contributed by atoms with Crippen molar-refractivity contribution in [2.75, 3.05) is 6.54 Å². The largest absolute Gasteiger partial charge is 0.310 e. The first-order valence-corrected chi connectivity index (χ1v) is 7.83. The van der Waals surface area contributed by atoms with Gasteiger partial charge >= 0.3 is 0 Å². The Bertz CT molecular complexity index is 470. The van der Waals surface area contributed by atoms with Gasteiger partial charge in [-0.25, -0.2) is 0 Å². The normalized spacial score (nSPS) is 12.6. The molecule has 0 saturated heterocycles. The maximum atomic E-state index is 4.15. The lowest BCUT2D eigenvalue weighted by atomic mass is 10.0. The molecule has 1 unspecified atom stereocenters. The highest BCUT2D eigenvalue weighted by molar-refractivity contribution is 9.10. The van der Waals surface area contributed by atoms with Crippen molar-refractivity contribution in [1.82, 2.24) is 10.3 Å². The van der Waals surface area contributed by atoms with Crippen LogP contribution >= 0.6 is 27.3 Å². The third kappa shape index (κ3) is 3.64. The van der Waals surface area contributed by atoms with Crippen molar-refractivity contribution in [1.29, 1.82) is 0 Å². The van der Waals surface area contributed by atoms with Gasteiger partial charge in [-0.05, 0) is 24.6 Å². The van der Waals surface area contributed by atoms with Gasteiger partial charge in [0, 0.05) is 28.0 Å². The molecule has 1 atom stereocenters. The van der Waals surface area contributed by atoms with Crippen molar-refractivity contribution in [2.45, 2.75) is 25.8 Å². The van der Waals surface area contributed by atoms with Gasteiger partial charge in [-0.1, -0.05) is 41.1 Å². The molecule has 2 rings (SSSR count). The predicted octanol–water partition coefficient (Wildman–Crippen LogP) is 4.19. The van der Waals surface area contributed by atoms with Gasteiger partial charge in [0.05, 0.1) is 5.51 Å². The van der Waals surface area contributed by atoms with Gasteiger partial charge in [0.15, 0.2) is 0 Å². The lowest BCUT2D eigenvalue weighted by molar-refractivity contribution is 0.530. The summed E-state index contributed by atoms with van der Waals surface area (Å²) in [6.45, 7) is 3.22. The van der Waals surface area contributed by atoms with Gasteiger partial charge < -0.3 is 5.32 Å². The first kappa shape index (κ1) is 13.7. The molecule has 0 spiro atoms. The van der Waals surface area contributed by atoms with Crippen LogP contribution in [0.2, 0.25) is 0 Å². The number of rotatable bonds is 6. The minimum Gasteiger partial charge on any atom is -0.310 e. The molecule has 0 bridgehead atoms. The lowest BCUT2D eigenvalue weighted by Gasteiger charge is -2.19. The number of thiazole rings is 1. The van der Waals surface area contributed by atoms with Crippen LogP contribution in [-0.4, -0.2) is 11.5 Å². The zero-order valence-electron chi connectivity index (χ0n) is 10.4. The minimum absolute atomic E-state index is 0.348. The molecule has 0 amide bonds. The maximum absolute atomic E-state index is 4.15. The van der Waals surface area contributed by atoms with Gasteiger partial charge in [0.2, 0.25) is 0 Å². The van der Waals surface area contributed by atoms with Crippen molar-refractivity contribution in [2.24, 2.45) is 0 Å². The van der Waals surface area contributed by atoms with E-state index in [1.165, 1.54) is 14.9 Å². The molecule has 1 aromatic carbocycles. The third-order valence-corrected chi connectivity index (χ3v) is 4.33. The van der Waals surface area contributed by atoms with Crippen LogP contribution in [0, 0.1) is 0 Å². The Labute approximate surface area is 121 Å². The third-order valence-electron chi connectivity index (χ3n) is 2.81. The van der Waals surface area contributed by atoms with E-state index in [2.05, 4.69) is 57.4 Å². The fraction of sp³-hybridized carbons (Fsp3) is 0.357. The van der Waals surface area contributed by atoms with Crippen LogP contribution < -0.4 is 5.32 Å². The van der Waals surface area contributed by atoms with E-state index in [9.17, 15) is 0 Å². The summed E-state index contributed by atoms with van der Waals surface area (Å²) < 4.78 is 1.17. The Balaban J connectivity index is 2.16. The lowest BCUT2D eigenvalue weighted by Crippen LogP contribution is -2.24. The zero-order chi connectivity index (χ0) is 12.8. The van der Waals surface area contributed by atoms with Crippen molar-refractivity contribution in [3.8, 4) is 0 Å². The van der Waals surface area contributed by atoms with Crippen LogP contribution in [0.5, 0.6) is 0 Å². The molecule has 0 saturated carbocycles. The molecule has 0 aliphatic carbocycles. The Kier molecular flexibility index (Phi) is 5.35. The van der Waals surface area contributed by atoms with Gasteiger partial charge in [0.1, 0.15) is 0 Å². The summed E-state index contributed by atoms with van der Waals surface area (Å²) in [5, 5.41) is 3.61. The zero-order valence-corrected chi connectivity index (χ0v) is 12.8. The highest BCUT2D eigenvalue weighted by Gasteiger charge is 2.14. The molecule has 0 radical (unpaired) electrons. The molecule has 0 aliphatic heterocycles. The molecule has 1 heterocycles. The summed E-state index contributed by atoms with van der Waals surface area (Å²) in [5.41, 5.74) is 3.21. The number of benzene rings is 1. The Morgan fingerprint density at radius 3 is 2.89 bits per heavy atom. The Morgan fingerprint density at radius 1 is 1.39 bits per heavy atom. The van der Waals surface area contributed by atoms with E-state index in [-0.39, 0.29) is 0 Å². The van der Waals surface area contributed by atoms with Crippen LogP contribution in [0.4, 0.5) is 0 Å². The molecular weight excluding hydrogens is 308 g/mol. The molecule has 4 heteroatoms. The molecule has 0 fully saturated rings. The minimum atomic E-state index is 0.348. The fourth-order valence-electron chi connectivity index (χ4n) is 1.91. The van der Waals surface area contributed by atoms with Crippen molar-refractivity contribution in [3.63, 3.8) is 0 Å². The SMILES string of the molecule is CCCNC(Cc1cncs1)c1ccccc1Br. The standard InChI is InChI=1S/C14H17BrN2S/c1-2-7-17-14(8-11-9-16-10-18-11)12-5-3-4-6-13(12)15/h3-6,9-10,14,17H,2,7-8H2,1H3. The number of hydrogen-bond acceptors (Lipinski definition) is 3. The van der Waals surface area contributed by atoms with Gasteiger partial charge in [-0.2, -0.15) is 0 Å². The molecule has 1 N–H and O–H groups in total.